The van der Waals surface area contributed by atoms with Gasteiger partial charge in [-0.25, -0.2) is 12.8 Å². The van der Waals surface area contributed by atoms with Crippen molar-refractivity contribution < 1.29 is 12.8 Å². The Morgan fingerprint density at radius 3 is 2.68 bits per heavy atom. The first-order valence-electron chi connectivity index (χ1n) is 6.29. The monoisotopic (exact) mass is 336 g/mol. The Balaban J connectivity index is 2.12. The summed E-state index contributed by atoms with van der Waals surface area (Å²) in [7, 11) is -3.89. The van der Waals surface area contributed by atoms with Crippen molar-refractivity contribution >= 4 is 38.2 Å². The van der Waals surface area contributed by atoms with E-state index in [1.807, 2.05) is 0 Å². The summed E-state index contributed by atoms with van der Waals surface area (Å²) in [5, 5.41) is 0.628. The van der Waals surface area contributed by atoms with Gasteiger partial charge in [0.25, 0.3) is 10.0 Å². The van der Waals surface area contributed by atoms with E-state index in [9.17, 15) is 12.8 Å². The fraction of sp³-hybridized carbons (Fsp3) is 0. The van der Waals surface area contributed by atoms with E-state index in [0.717, 1.165) is 6.07 Å². The number of rotatable bonds is 3. The molecule has 2 aromatic carbocycles. The van der Waals surface area contributed by atoms with E-state index in [1.54, 1.807) is 24.3 Å². The molecule has 0 aliphatic heterocycles. The van der Waals surface area contributed by atoms with Crippen molar-refractivity contribution in [1.82, 2.24) is 4.98 Å². The second-order valence-electron chi connectivity index (χ2n) is 4.56. The van der Waals surface area contributed by atoms with Gasteiger partial charge in [-0.1, -0.05) is 17.7 Å². The number of nitrogens with zero attached hydrogens (tertiary/aromatic N) is 1. The van der Waals surface area contributed by atoms with Crippen molar-refractivity contribution in [1.29, 1.82) is 0 Å². The van der Waals surface area contributed by atoms with Crippen molar-refractivity contribution in [3.05, 3.63) is 65.6 Å². The summed E-state index contributed by atoms with van der Waals surface area (Å²) >= 11 is 5.84. The van der Waals surface area contributed by atoms with Gasteiger partial charge in [0, 0.05) is 16.6 Å². The number of hydrogen-bond acceptors (Lipinski definition) is 3. The van der Waals surface area contributed by atoms with Crippen LogP contribution in [-0.4, -0.2) is 13.4 Å². The molecular formula is C15H10ClFN2O2S. The molecule has 0 aliphatic rings. The van der Waals surface area contributed by atoms with Crippen LogP contribution >= 0.6 is 11.6 Å². The summed E-state index contributed by atoms with van der Waals surface area (Å²) in [4.78, 5) is 3.84. The molecule has 0 unspecified atom stereocenters. The van der Waals surface area contributed by atoms with Crippen LogP contribution in [0.5, 0.6) is 0 Å². The highest BCUT2D eigenvalue weighted by molar-refractivity contribution is 7.93. The largest absolute Gasteiger partial charge is 0.280 e. The molecule has 0 fully saturated rings. The molecule has 0 saturated carbocycles. The van der Waals surface area contributed by atoms with E-state index in [-0.39, 0.29) is 15.8 Å². The van der Waals surface area contributed by atoms with Crippen molar-refractivity contribution in [2.45, 2.75) is 4.90 Å². The Morgan fingerprint density at radius 1 is 1.09 bits per heavy atom. The highest BCUT2D eigenvalue weighted by Gasteiger charge is 2.19. The number of pyridine rings is 1. The van der Waals surface area contributed by atoms with Crippen LogP contribution in [0, 0.1) is 5.82 Å². The molecule has 0 aliphatic carbocycles. The van der Waals surface area contributed by atoms with E-state index in [4.69, 9.17) is 11.6 Å². The first-order chi connectivity index (χ1) is 10.5. The van der Waals surface area contributed by atoms with Gasteiger partial charge >= 0.3 is 0 Å². The molecule has 22 heavy (non-hydrogen) atoms. The molecular weight excluding hydrogens is 327 g/mol. The summed E-state index contributed by atoms with van der Waals surface area (Å²) in [6.07, 6.45) is 1.41. The van der Waals surface area contributed by atoms with E-state index in [1.165, 1.54) is 24.4 Å². The summed E-state index contributed by atoms with van der Waals surface area (Å²) in [5.41, 5.74) is 0.338. The van der Waals surface area contributed by atoms with Crippen LogP contribution in [0.25, 0.3) is 10.9 Å². The Labute approximate surface area is 131 Å². The van der Waals surface area contributed by atoms with Gasteiger partial charge in [-0.3, -0.25) is 9.71 Å². The van der Waals surface area contributed by atoms with Crippen LogP contribution in [0.1, 0.15) is 0 Å². The van der Waals surface area contributed by atoms with Gasteiger partial charge in [-0.2, -0.15) is 0 Å². The first kappa shape index (κ1) is 14.7. The lowest BCUT2D eigenvalue weighted by Crippen LogP contribution is -2.13. The molecule has 1 heterocycles. The Morgan fingerprint density at radius 2 is 1.91 bits per heavy atom. The molecule has 112 valence electrons. The number of sulfonamides is 1. The number of aromatic nitrogens is 1. The summed E-state index contributed by atoms with van der Waals surface area (Å²) < 4.78 is 41.2. The fourth-order valence-corrected chi connectivity index (χ4v) is 3.55. The summed E-state index contributed by atoms with van der Waals surface area (Å²) in [6, 6.07) is 11.7. The number of hydrogen-bond donors (Lipinski definition) is 1. The molecule has 0 spiro atoms. The van der Waals surface area contributed by atoms with Gasteiger partial charge in [-0.05, 0) is 42.5 Å². The van der Waals surface area contributed by atoms with Gasteiger partial charge in [0.1, 0.15) is 11.3 Å². The molecule has 0 saturated heterocycles. The van der Waals surface area contributed by atoms with Crippen molar-refractivity contribution in [2.24, 2.45) is 0 Å². The van der Waals surface area contributed by atoms with Gasteiger partial charge < -0.3 is 0 Å². The average Bonchev–Trinajstić information content (AvgIpc) is 2.47. The minimum absolute atomic E-state index is 0.0106. The van der Waals surface area contributed by atoms with Crippen LogP contribution in [0.15, 0.2) is 59.6 Å². The second kappa shape index (κ2) is 5.55. The van der Waals surface area contributed by atoms with E-state index in [2.05, 4.69) is 9.71 Å². The molecule has 3 aromatic rings. The fourth-order valence-electron chi connectivity index (χ4n) is 2.11. The molecule has 0 amide bonds. The number of benzene rings is 2. The van der Waals surface area contributed by atoms with E-state index < -0.39 is 15.8 Å². The predicted octanol–water partition coefficient (Wildman–Crippen LogP) is 3.83. The lowest BCUT2D eigenvalue weighted by atomic mass is 10.2. The maximum absolute atomic E-state index is 13.7. The van der Waals surface area contributed by atoms with Gasteiger partial charge in [0.2, 0.25) is 0 Å². The van der Waals surface area contributed by atoms with Crippen molar-refractivity contribution in [3.63, 3.8) is 0 Å². The Kier molecular flexibility index (Phi) is 3.72. The number of nitrogens with one attached hydrogen (secondary N) is 1. The molecule has 0 atom stereocenters. The van der Waals surface area contributed by atoms with Crippen molar-refractivity contribution in [3.8, 4) is 0 Å². The van der Waals surface area contributed by atoms with Gasteiger partial charge in [-0.15, -0.1) is 0 Å². The Bertz CT molecular complexity index is 961. The molecule has 1 N–H and O–H groups in total. The van der Waals surface area contributed by atoms with Gasteiger partial charge in [0.05, 0.1) is 10.6 Å². The summed E-state index contributed by atoms with van der Waals surface area (Å²) in [6.45, 7) is 0. The SMILES string of the molecule is O=S(=O)(Nc1cccc(Cl)c1)c1ccc(F)c2ncccc12. The third kappa shape index (κ3) is 2.75. The zero-order valence-corrected chi connectivity index (χ0v) is 12.7. The third-order valence-electron chi connectivity index (χ3n) is 3.05. The molecule has 0 bridgehead atoms. The zero-order valence-electron chi connectivity index (χ0n) is 11.1. The minimum Gasteiger partial charge on any atom is -0.280 e. The quantitative estimate of drug-likeness (QED) is 0.790. The van der Waals surface area contributed by atoms with Crippen LogP contribution in [0.3, 0.4) is 0 Å². The first-order valence-corrected chi connectivity index (χ1v) is 8.15. The lowest BCUT2D eigenvalue weighted by molar-refractivity contribution is 0.601. The minimum atomic E-state index is -3.89. The van der Waals surface area contributed by atoms with Gasteiger partial charge in [0.15, 0.2) is 0 Å². The van der Waals surface area contributed by atoms with E-state index in [0.29, 0.717) is 10.7 Å². The number of fused-ring (bicyclic) bond motifs is 1. The van der Waals surface area contributed by atoms with Crippen LogP contribution in [0.2, 0.25) is 5.02 Å². The van der Waals surface area contributed by atoms with Crippen LogP contribution in [0.4, 0.5) is 10.1 Å². The molecule has 3 rings (SSSR count). The molecule has 7 heteroatoms. The number of anilines is 1. The zero-order chi connectivity index (χ0) is 15.7. The van der Waals surface area contributed by atoms with Crippen LogP contribution in [-0.2, 0) is 10.0 Å². The molecule has 4 nitrogen and oxygen atoms in total. The molecule has 0 radical (unpaired) electrons. The maximum Gasteiger partial charge on any atom is 0.262 e. The highest BCUT2D eigenvalue weighted by atomic mass is 35.5. The Hall–Kier alpha value is -2.18. The smallest absolute Gasteiger partial charge is 0.262 e. The maximum atomic E-state index is 13.7. The highest BCUT2D eigenvalue weighted by Crippen LogP contribution is 2.26. The topological polar surface area (TPSA) is 59.1 Å². The normalized spacial score (nSPS) is 11.5. The standard InChI is InChI=1S/C15H10ClFN2O2S/c16-10-3-1-4-11(9-10)19-22(20,21)14-7-6-13(17)15-12(14)5-2-8-18-15/h1-9,19H. The second-order valence-corrected chi connectivity index (χ2v) is 6.65. The lowest BCUT2D eigenvalue weighted by Gasteiger charge is -2.10. The van der Waals surface area contributed by atoms with Crippen LogP contribution < -0.4 is 4.72 Å². The predicted molar refractivity (Wildman–Crippen MR) is 84.0 cm³/mol. The average molecular weight is 337 g/mol. The van der Waals surface area contributed by atoms with E-state index >= 15 is 0 Å². The third-order valence-corrected chi connectivity index (χ3v) is 4.72. The summed E-state index contributed by atoms with van der Waals surface area (Å²) in [5.74, 6) is -0.572. The van der Waals surface area contributed by atoms with Crippen molar-refractivity contribution in [2.75, 3.05) is 4.72 Å². The number of halogens is 2. The molecule has 1 aromatic heterocycles.